The van der Waals surface area contributed by atoms with E-state index in [9.17, 15) is 0 Å². The Kier molecular flexibility index (Phi) is 5.07. The Hall–Kier alpha value is -0.540. The third-order valence-corrected chi connectivity index (χ3v) is 4.10. The molecule has 0 atom stereocenters. The number of aryl methyl sites for hydroxylation is 1. The first-order valence-electron chi connectivity index (χ1n) is 6.65. The molecule has 3 heteroatoms. The maximum absolute atomic E-state index is 5.69. The summed E-state index contributed by atoms with van der Waals surface area (Å²) in [6, 6.07) is 6.62. The van der Waals surface area contributed by atoms with Gasteiger partial charge < -0.3 is 9.64 Å². The molecule has 0 bridgehead atoms. The molecule has 0 unspecified atom stereocenters. The number of halogens is 1. The zero-order valence-corrected chi connectivity index (χ0v) is 12.9. The van der Waals surface area contributed by atoms with Crippen molar-refractivity contribution in [1.29, 1.82) is 0 Å². The fraction of sp³-hybridized carbons (Fsp3) is 0.600. The summed E-state index contributed by atoms with van der Waals surface area (Å²) in [6.07, 6.45) is 2.73. The number of ether oxygens (including phenoxy) is 1. The first-order valence-corrected chi connectivity index (χ1v) is 7.77. The number of rotatable bonds is 7. The normalized spacial score (nSPS) is 14.8. The quantitative estimate of drug-likeness (QED) is 0.561. The number of likely N-dealkylation sites (N-methyl/N-ethyl adjacent to an activating group) is 1. The highest BCUT2D eigenvalue weighted by molar-refractivity contribution is 9.08. The van der Waals surface area contributed by atoms with Crippen molar-refractivity contribution in [2.75, 3.05) is 31.7 Å². The molecule has 0 saturated heterocycles. The Labute approximate surface area is 118 Å². The molecule has 0 heterocycles. The van der Waals surface area contributed by atoms with Gasteiger partial charge in [0, 0.05) is 31.2 Å². The van der Waals surface area contributed by atoms with E-state index in [1.54, 1.807) is 0 Å². The number of hydrogen-bond donors (Lipinski definition) is 0. The molecule has 1 aromatic rings. The number of alkyl halides is 1. The molecule has 0 spiro atoms. The van der Waals surface area contributed by atoms with Gasteiger partial charge in [0.15, 0.2) is 0 Å². The fourth-order valence-corrected chi connectivity index (χ4v) is 2.43. The average Bonchev–Trinajstić information content (AvgIpc) is 3.18. The summed E-state index contributed by atoms with van der Waals surface area (Å²) in [5.74, 6) is 0.857. The molecule has 0 aliphatic heterocycles. The molecular formula is C15H22BrNO. The third-order valence-electron chi connectivity index (χ3n) is 3.45. The number of nitrogens with zero attached hydrogens (tertiary/aromatic N) is 1. The Morgan fingerprint density at radius 1 is 1.39 bits per heavy atom. The lowest BCUT2D eigenvalue weighted by Crippen LogP contribution is -2.23. The monoisotopic (exact) mass is 311 g/mol. The van der Waals surface area contributed by atoms with Crippen LogP contribution in [0.3, 0.4) is 0 Å². The molecule has 0 N–H and O–H groups in total. The lowest BCUT2D eigenvalue weighted by molar-refractivity contribution is 0.131. The van der Waals surface area contributed by atoms with Gasteiger partial charge in [0.2, 0.25) is 0 Å². The highest BCUT2D eigenvalue weighted by Gasteiger charge is 2.20. The molecule has 1 aliphatic rings. The Balaban J connectivity index is 1.81. The van der Waals surface area contributed by atoms with Crippen molar-refractivity contribution in [2.45, 2.75) is 25.1 Å². The summed E-state index contributed by atoms with van der Waals surface area (Å²) in [5.41, 5.74) is 3.96. The van der Waals surface area contributed by atoms with Crippen molar-refractivity contribution in [2.24, 2.45) is 5.92 Å². The zero-order chi connectivity index (χ0) is 13.0. The van der Waals surface area contributed by atoms with E-state index in [1.807, 2.05) is 0 Å². The van der Waals surface area contributed by atoms with Gasteiger partial charge in [0.25, 0.3) is 0 Å². The maximum atomic E-state index is 5.69. The van der Waals surface area contributed by atoms with Crippen LogP contribution < -0.4 is 4.90 Å². The molecule has 0 amide bonds. The zero-order valence-electron chi connectivity index (χ0n) is 11.3. The minimum atomic E-state index is 0.826. The molecular weight excluding hydrogens is 290 g/mol. The fourth-order valence-electron chi connectivity index (χ4n) is 2.09. The van der Waals surface area contributed by atoms with Crippen molar-refractivity contribution in [3.05, 3.63) is 29.3 Å². The Morgan fingerprint density at radius 2 is 2.17 bits per heavy atom. The van der Waals surface area contributed by atoms with Gasteiger partial charge in [-0.05, 0) is 42.9 Å². The van der Waals surface area contributed by atoms with Crippen LogP contribution in [0.1, 0.15) is 24.0 Å². The van der Waals surface area contributed by atoms with Crippen LogP contribution in [0.4, 0.5) is 5.69 Å². The second kappa shape index (κ2) is 6.58. The van der Waals surface area contributed by atoms with Gasteiger partial charge in [-0.3, -0.25) is 0 Å². The molecule has 2 nitrogen and oxygen atoms in total. The van der Waals surface area contributed by atoms with E-state index in [4.69, 9.17) is 4.74 Å². The van der Waals surface area contributed by atoms with Crippen LogP contribution in [0.2, 0.25) is 0 Å². The predicted molar refractivity (Wildman–Crippen MR) is 80.6 cm³/mol. The summed E-state index contributed by atoms with van der Waals surface area (Å²) in [5, 5.41) is 0.919. The van der Waals surface area contributed by atoms with Gasteiger partial charge in [-0.2, -0.15) is 0 Å². The van der Waals surface area contributed by atoms with Gasteiger partial charge in [0.05, 0.1) is 6.61 Å². The van der Waals surface area contributed by atoms with Crippen LogP contribution >= 0.6 is 15.9 Å². The largest absolute Gasteiger partial charge is 0.379 e. The van der Waals surface area contributed by atoms with Crippen LogP contribution in [0.15, 0.2) is 18.2 Å². The number of hydrogen-bond acceptors (Lipinski definition) is 2. The topological polar surface area (TPSA) is 12.5 Å². The Morgan fingerprint density at radius 3 is 2.78 bits per heavy atom. The lowest BCUT2D eigenvalue weighted by atomic mass is 10.1. The van der Waals surface area contributed by atoms with Gasteiger partial charge in [0.1, 0.15) is 0 Å². The summed E-state index contributed by atoms with van der Waals surface area (Å²) in [6.45, 7) is 4.91. The van der Waals surface area contributed by atoms with Crippen molar-refractivity contribution in [3.8, 4) is 0 Å². The summed E-state index contributed by atoms with van der Waals surface area (Å²) in [7, 11) is 2.14. The molecule has 2 rings (SSSR count). The smallest absolute Gasteiger partial charge is 0.0641 e. The summed E-state index contributed by atoms with van der Waals surface area (Å²) < 4.78 is 5.69. The molecule has 100 valence electrons. The Bertz CT molecular complexity index is 390. The van der Waals surface area contributed by atoms with E-state index in [2.05, 4.69) is 53.0 Å². The van der Waals surface area contributed by atoms with Gasteiger partial charge >= 0.3 is 0 Å². The van der Waals surface area contributed by atoms with Crippen molar-refractivity contribution >= 4 is 21.6 Å². The average molecular weight is 312 g/mol. The second-order valence-electron chi connectivity index (χ2n) is 5.19. The second-order valence-corrected chi connectivity index (χ2v) is 5.76. The van der Waals surface area contributed by atoms with Gasteiger partial charge in [-0.25, -0.2) is 0 Å². The van der Waals surface area contributed by atoms with Gasteiger partial charge in [-0.1, -0.05) is 28.1 Å². The molecule has 1 saturated carbocycles. The van der Waals surface area contributed by atoms with Crippen LogP contribution in [0, 0.1) is 12.8 Å². The molecule has 18 heavy (non-hydrogen) atoms. The van der Waals surface area contributed by atoms with Gasteiger partial charge in [-0.15, -0.1) is 0 Å². The van der Waals surface area contributed by atoms with Crippen molar-refractivity contribution in [1.82, 2.24) is 0 Å². The van der Waals surface area contributed by atoms with Crippen LogP contribution in [-0.4, -0.2) is 26.8 Å². The first-order chi connectivity index (χ1) is 8.70. The predicted octanol–water partition coefficient (Wildman–Crippen LogP) is 3.75. The molecule has 1 aliphatic carbocycles. The first kappa shape index (κ1) is 13.9. The van der Waals surface area contributed by atoms with Crippen LogP contribution in [0.25, 0.3) is 0 Å². The van der Waals surface area contributed by atoms with E-state index in [0.29, 0.717) is 0 Å². The molecule has 0 aromatic heterocycles. The molecule has 1 fully saturated rings. The summed E-state index contributed by atoms with van der Waals surface area (Å²) >= 11 is 3.49. The van der Waals surface area contributed by atoms with E-state index in [0.717, 1.165) is 31.0 Å². The van der Waals surface area contributed by atoms with Crippen LogP contribution in [0.5, 0.6) is 0 Å². The lowest BCUT2D eigenvalue weighted by Gasteiger charge is -2.21. The van der Waals surface area contributed by atoms with E-state index in [-0.39, 0.29) is 0 Å². The summed E-state index contributed by atoms with van der Waals surface area (Å²) in [4.78, 5) is 2.28. The minimum absolute atomic E-state index is 0.826. The number of benzene rings is 1. The van der Waals surface area contributed by atoms with E-state index in [1.165, 1.54) is 29.7 Å². The highest BCUT2D eigenvalue weighted by Crippen LogP contribution is 2.28. The number of anilines is 1. The van der Waals surface area contributed by atoms with Crippen LogP contribution in [-0.2, 0) is 10.1 Å². The van der Waals surface area contributed by atoms with Crippen molar-refractivity contribution in [3.63, 3.8) is 0 Å². The highest BCUT2D eigenvalue weighted by atomic mass is 79.9. The molecule has 0 radical (unpaired) electrons. The molecule has 1 aromatic carbocycles. The minimum Gasteiger partial charge on any atom is -0.379 e. The maximum Gasteiger partial charge on any atom is 0.0641 e. The van der Waals surface area contributed by atoms with E-state index >= 15 is 0 Å². The third kappa shape index (κ3) is 3.99. The van der Waals surface area contributed by atoms with E-state index < -0.39 is 0 Å². The van der Waals surface area contributed by atoms with Crippen molar-refractivity contribution < 1.29 is 4.74 Å². The SMILES string of the molecule is Cc1cc(CBr)ccc1N(C)CCOCC1CC1. The standard InChI is InChI=1S/C15H22BrNO/c1-12-9-14(10-16)5-6-15(12)17(2)7-8-18-11-13-3-4-13/h5-6,9,13H,3-4,7-8,10-11H2,1-2H3.